The zero-order valence-corrected chi connectivity index (χ0v) is 12.4. The average molecular weight is 278 g/mol. The summed E-state index contributed by atoms with van der Waals surface area (Å²) in [7, 11) is 0. The molecule has 0 spiro atoms. The smallest absolute Gasteiger partial charge is 0.338 e. The molecular weight excluding hydrogens is 256 g/mol. The largest absolute Gasteiger partial charge is 0.481 e. The monoisotopic (exact) mass is 278 g/mol. The Morgan fingerprint density at radius 2 is 1.75 bits per heavy atom. The van der Waals surface area contributed by atoms with Gasteiger partial charge < -0.3 is 9.84 Å². The van der Waals surface area contributed by atoms with Crippen molar-refractivity contribution in [3.8, 4) is 0 Å². The van der Waals surface area contributed by atoms with E-state index in [4.69, 9.17) is 9.84 Å². The first-order valence-electron chi connectivity index (χ1n) is 6.84. The maximum atomic E-state index is 12.2. The van der Waals surface area contributed by atoms with E-state index in [1.54, 1.807) is 19.1 Å². The number of benzene rings is 1. The lowest BCUT2D eigenvalue weighted by molar-refractivity contribution is -0.144. The predicted octanol–water partition coefficient (Wildman–Crippen LogP) is 3.15. The van der Waals surface area contributed by atoms with Gasteiger partial charge >= 0.3 is 11.9 Å². The fourth-order valence-corrected chi connectivity index (χ4v) is 1.87. The average Bonchev–Trinajstić information content (AvgIpc) is 2.37. The molecule has 0 aliphatic heterocycles. The van der Waals surface area contributed by atoms with Gasteiger partial charge in [-0.25, -0.2) is 4.79 Å². The van der Waals surface area contributed by atoms with Crippen LogP contribution in [0, 0.1) is 11.8 Å². The fraction of sp³-hybridized carbons (Fsp3) is 0.500. The number of hydrogen-bond acceptors (Lipinski definition) is 3. The van der Waals surface area contributed by atoms with E-state index in [9.17, 15) is 9.59 Å². The summed E-state index contributed by atoms with van der Waals surface area (Å²) < 4.78 is 5.26. The van der Waals surface area contributed by atoms with Crippen LogP contribution in [0.2, 0.25) is 0 Å². The van der Waals surface area contributed by atoms with E-state index in [1.807, 2.05) is 12.1 Å². The van der Waals surface area contributed by atoms with E-state index >= 15 is 0 Å². The van der Waals surface area contributed by atoms with Crippen LogP contribution in [0.25, 0.3) is 0 Å². The Morgan fingerprint density at radius 1 is 1.15 bits per heavy atom. The number of esters is 1. The number of aliphatic carboxylic acids is 1. The van der Waals surface area contributed by atoms with Gasteiger partial charge in [-0.05, 0) is 37.8 Å². The third kappa shape index (κ3) is 4.37. The van der Waals surface area contributed by atoms with Crippen LogP contribution < -0.4 is 0 Å². The Labute approximate surface area is 119 Å². The maximum Gasteiger partial charge on any atom is 0.338 e. The Balaban J connectivity index is 2.85. The molecule has 0 heterocycles. The molecule has 0 aliphatic carbocycles. The first kappa shape index (κ1) is 16.2. The molecule has 1 aromatic rings. The van der Waals surface area contributed by atoms with Crippen LogP contribution in [-0.4, -0.2) is 23.1 Å². The van der Waals surface area contributed by atoms with E-state index in [1.165, 1.54) is 6.92 Å². The van der Waals surface area contributed by atoms with Crippen molar-refractivity contribution in [2.24, 2.45) is 11.8 Å². The zero-order valence-electron chi connectivity index (χ0n) is 12.4. The summed E-state index contributed by atoms with van der Waals surface area (Å²) in [5, 5.41) is 8.92. The molecule has 0 radical (unpaired) electrons. The van der Waals surface area contributed by atoms with Crippen molar-refractivity contribution >= 4 is 11.9 Å². The molecule has 1 rings (SSSR count). The summed E-state index contributed by atoms with van der Waals surface area (Å²) in [5.74, 6) is -1.72. The van der Waals surface area contributed by atoms with Crippen molar-refractivity contribution in [3.63, 3.8) is 0 Å². The molecule has 0 amide bonds. The normalized spacial score (nSPS) is 13.8. The highest BCUT2D eigenvalue weighted by Crippen LogP contribution is 2.17. The minimum Gasteiger partial charge on any atom is -0.481 e. The molecule has 4 heteroatoms. The van der Waals surface area contributed by atoms with Crippen LogP contribution in [0.15, 0.2) is 24.3 Å². The van der Waals surface area contributed by atoms with E-state index in [0.29, 0.717) is 11.5 Å². The topological polar surface area (TPSA) is 63.6 Å². The molecular formula is C16H22O4. The molecule has 0 saturated carbocycles. The number of ether oxygens (including phenoxy) is 1. The Hall–Kier alpha value is -1.84. The number of carboxylic acids is 1. The van der Waals surface area contributed by atoms with Crippen LogP contribution in [0.1, 0.15) is 43.6 Å². The summed E-state index contributed by atoms with van der Waals surface area (Å²) in [6.45, 7) is 7.29. The third-order valence-electron chi connectivity index (χ3n) is 3.25. The molecule has 0 fully saturated rings. The van der Waals surface area contributed by atoms with Crippen LogP contribution in [0.3, 0.4) is 0 Å². The van der Waals surface area contributed by atoms with Gasteiger partial charge in [-0.3, -0.25) is 4.79 Å². The molecule has 0 aromatic heterocycles. The second-order valence-electron chi connectivity index (χ2n) is 5.49. The highest BCUT2D eigenvalue weighted by molar-refractivity contribution is 5.91. The summed E-state index contributed by atoms with van der Waals surface area (Å²) in [5.41, 5.74) is 1.45. The molecule has 20 heavy (non-hydrogen) atoms. The number of hydrogen-bond donors (Lipinski definition) is 1. The summed E-state index contributed by atoms with van der Waals surface area (Å²) in [4.78, 5) is 23.0. The number of rotatable bonds is 6. The maximum absolute atomic E-state index is 12.2. The lowest BCUT2D eigenvalue weighted by atomic mass is 9.98. The second kappa shape index (κ2) is 7.08. The fourth-order valence-electron chi connectivity index (χ4n) is 1.87. The van der Waals surface area contributed by atoms with E-state index in [0.717, 1.165) is 12.0 Å². The minimum atomic E-state index is -0.972. The Kier molecular flexibility index (Phi) is 5.74. The van der Waals surface area contributed by atoms with Gasteiger partial charge in [0.05, 0.1) is 11.5 Å². The van der Waals surface area contributed by atoms with E-state index in [-0.39, 0.29) is 0 Å². The predicted molar refractivity (Wildman–Crippen MR) is 76.7 cm³/mol. The Bertz CT molecular complexity index is 479. The van der Waals surface area contributed by atoms with Crippen LogP contribution in [-0.2, 0) is 16.0 Å². The van der Waals surface area contributed by atoms with Crippen LogP contribution in [0.5, 0.6) is 0 Å². The molecule has 2 unspecified atom stereocenters. The van der Waals surface area contributed by atoms with Gasteiger partial charge in [0, 0.05) is 0 Å². The van der Waals surface area contributed by atoms with Crippen molar-refractivity contribution in [2.45, 2.75) is 40.2 Å². The van der Waals surface area contributed by atoms with Gasteiger partial charge in [-0.2, -0.15) is 0 Å². The van der Waals surface area contributed by atoms with Gasteiger partial charge in [0.2, 0.25) is 0 Å². The third-order valence-corrected chi connectivity index (χ3v) is 3.25. The highest BCUT2D eigenvalue weighted by Gasteiger charge is 2.24. The first-order valence-corrected chi connectivity index (χ1v) is 6.84. The summed E-state index contributed by atoms with van der Waals surface area (Å²) in [6.07, 6.45) is 0.126. The van der Waals surface area contributed by atoms with Gasteiger partial charge in [0.1, 0.15) is 6.10 Å². The van der Waals surface area contributed by atoms with Gasteiger partial charge in [0.25, 0.3) is 0 Å². The van der Waals surface area contributed by atoms with E-state index in [2.05, 4.69) is 13.8 Å². The Morgan fingerprint density at radius 3 is 2.30 bits per heavy atom. The summed E-state index contributed by atoms with van der Waals surface area (Å²) >= 11 is 0. The molecule has 1 aromatic carbocycles. The SMILES string of the molecule is CC(C)Cc1ccccc1C(=O)OC(C)C(C)C(=O)O. The van der Waals surface area contributed by atoms with Crippen molar-refractivity contribution in [2.75, 3.05) is 0 Å². The zero-order chi connectivity index (χ0) is 15.3. The quantitative estimate of drug-likeness (QED) is 0.812. The van der Waals surface area contributed by atoms with Gasteiger partial charge in [-0.1, -0.05) is 32.0 Å². The number of carbonyl (C=O) groups is 2. The van der Waals surface area contributed by atoms with Gasteiger partial charge in [0.15, 0.2) is 0 Å². The van der Waals surface area contributed by atoms with Crippen molar-refractivity contribution in [1.29, 1.82) is 0 Å². The van der Waals surface area contributed by atoms with E-state index < -0.39 is 24.0 Å². The molecule has 0 aliphatic rings. The molecule has 110 valence electrons. The van der Waals surface area contributed by atoms with Crippen LogP contribution >= 0.6 is 0 Å². The molecule has 1 N–H and O–H groups in total. The molecule has 0 saturated heterocycles. The first-order chi connectivity index (χ1) is 9.32. The molecule has 4 nitrogen and oxygen atoms in total. The molecule has 0 bridgehead atoms. The van der Waals surface area contributed by atoms with Crippen molar-refractivity contribution in [1.82, 2.24) is 0 Å². The minimum absolute atomic E-state index is 0.430. The highest BCUT2D eigenvalue weighted by atomic mass is 16.5. The second-order valence-corrected chi connectivity index (χ2v) is 5.49. The number of carboxylic acid groups (broad SMARTS) is 1. The lowest BCUT2D eigenvalue weighted by Crippen LogP contribution is -2.28. The number of carbonyl (C=O) groups excluding carboxylic acids is 1. The lowest BCUT2D eigenvalue weighted by Gasteiger charge is -2.18. The molecule has 2 atom stereocenters. The van der Waals surface area contributed by atoms with Gasteiger partial charge in [-0.15, -0.1) is 0 Å². The summed E-state index contributed by atoms with van der Waals surface area (Å²) in [6, 6.07) is 7.30. The van der Waals surface area contributed by atoms with Crippen molar-refractivity contribution < 1.29 is 19.4 Å². The van der Waals surface area contributed by atoms with Crippen LogP contribution in [0.4, 0.5) is 0 Å². The van der Waals surface area contributed by atoms with Crippen molar-refractivity contribution in [3.05, 3.63) is 35.4 Å². The standard InChI is InChI=1S/C16H22O4/c1-10(2)9-13-7-5-6-8-14(13)16(19)20-12(4)11(3)15(17)18/h5-8,10-12H,9H2,1-4H3,(H,17,18).